The van der Waals surface area contributed by atoms with Gasteiger partial charge in [0.25, 0.3) is 0 Å². The van der Waals surface area contributed by atoms with E-state index in [2.05, 4.69) is 4.98 Å². The molecular formula is C26H24N2O4S. The van der Waals surface area contributed by atoms with Crippen molar-refractivity contribution in [2.75, 3.05) is 10.1 Å². The number of benzene rings is 3. The SMILES string of the molecule is CCS(=O)(=O)N(Cc1cccnc1Oc1ccccc1)c1cccc(Oc2ccccc2)c1. The summed E-state index contributed by atoms with van der Waals surface area (Å²) in [5, 5.41) is 0. The molecule has 0 amide bonds. The molecule has 0 saturated heterocycles. The summed E-state index contributed by atoms with van der Waals surface area (Å²) < 4.78 is 39.3. The lowest BCUT2D eigenvalue weighted by Crippen LogP contribution is -2.32. The lowest BCUT2D eigenvalue weighted by Gasteiger charge is -2.25. The fraction of sp³-hybridized carbons (Fsp3) is 0.115. The van der Waals surface area contributed by atoms with Gasteiger partial charge < -0.3 is 9.47 Å². The van der Waals surface area contributed by atoms with Crippen molar-refractivity contribution >= 4 is 15.7 Å². The number of hydrogen-bond donors (Lipinski definition) is 0. The highest BCUT2D eigenvalue weighted by molar-refractivity contribution is 7.92. The number of anilines is 1. The molecule has 33 heavy (non-hydrogen) atoms. The zero-order chi connectivity index (χ0) is 23.1. The molecule has 0 bridgehead atoms. The molecule has 4 rings (SSSR count). The van der Waals surface area contributed by atoms with Crippen LogP contribution in [-0.2, 0) is 16.6 Å². The molecular weight excluding hydrogens is 436 g/mol. The maximum absolute atomic E-state index is 13.1. The van der Waals surface area contributed by atoms with E-state index in [1.807, 2.05) is 66.7 Å². The van der Waals surface area contributed by atoms with Crippen molar-refractivity contribution in [3.05, 3.63) is 109 Å². The van der Waals surface area contributed by atoms with Gasteiger partial charge in [0.05, 0.1) is 18.0 Å². The van der Waals surface area contributed by atoms with Gasteiger partial charge in [-0.2, -0.15) is 0 Å². The molecule has 0 unspecified atom stereocenters. The molecule has 0 atom stereocenters. The summed E-state index contributed by atoms with van der Waals surface area (Å²) in [6.07, 6.45) is 1.62. The highest BCUT2D eigenvalue weighted by atomic mass is 32.2. The number of aromatic nitrogens is 1. The van der Waals surface area contributed by atoms with E-state index in [-0.39, 0.29) is 12.3 Å². The number of pyridine rings is 1. The maximum Gasteiger partial charge on any atom is 0.235 e. The van der Waals surface area contributed by atoms with Crippen molar-refractivity contribution in [3.63, 3.8) is 0 Å². The first kappa shape index (κ1) is 22.4. The molecule has 0 N–H and O–H groups in total. The smallest absolute Gasteiger partial charge is 0.235 e. The van der Waals surface area contributed by atoms with Crippen LogP contribution in [0.1, 0.15) is 12.5 Å². The van der Waals surface area contributed by atoms with Crippen molar-refractivity contribution in [1.82, 2.24) is 4.98 Å². The third-order valence-electron chi connectivity index (χ3n) is 4.91. The van der Waals surface area contributed by atoms with Crippen molar-refractivity contribution in [3.8, 4) is 23.1 Å². The molecule has 0 spiro atoms. The molecule has 168 valence electrons. The molecule has 1 aromatic heterocycles. The van der Waals surface area contributed by atoms with Gasteiger partial charge >= 0.3 is 0 Å². The number of rotatable bonds is 9. The topological polar surface area (TPSA) is 68.7 Å². The summed E-state index contributed by atoms with van der Waals surface area (Å²) in [6.45, 7) is 1.69. The fourth-order valence-corrected chi connectivity index (χ4v) is 4.31. The second kappa shape index (κ2) is 10.2. The number of sulfonamides is 1. The predicted molar refractivity (Wildman–Crippen MR) is 129 cm³/mol. The van der Waals surface area contributed by atoms with Crippen LogP contribution in [0, 0.1) is 0 Å². The van der Waals surface area contributed by atoms with Crippen molar-refractivity contribution in [2.45, 2.75) is 13.5 Å². The maximum atomic E-state index is 13.1. The average Bonchev–Trinajstić information content (AvgIpc) is 2.85. The third kappa shape index (κ3) is 5.70. The molecule has 0 aliphatic rings. The lowest BCUT2D eigenvalue weighted by atomic mass is 10.2. The molecule has 1 heterocycles. The van der Waals surface area contributed by atoms with Crippen LogP contribution in [0.3, 0.4) is 0 Å². The van der Waals surface area contributed by atoms with Crippen LogP contribution in [0.25, 0.3) is 0 Å². The van der Waals surface area contributed by atoms with Gasteiger partial charge in [-0.15, -0.1) is 0 Å². The Bertz CT molecular complexity index is 1300. The summed E-state index contributed by atoms with van der Waals surface area (Å²) in [7, 11) is -3.60. The minimum absolute atomic E-state index is 0.0497. The van der Waals surface area contributed by atoms with Crippen LogP contribution in [0.4, 0.5) is 5.69 Å². The Balaban J connectivity index is 1.66. The predicted octanol–water partition coefficient (Wildman–Crippen LogP) is 6.02. The van der Waals surface area contributed by atoms with Gasteiger partial charge in [0, 0.05) is 17.8 Å². The summed E-state index contributed by atoms with van der Waals surface area (Å²) in [5.41, 5.74) is 1.15. The zero-order valence-corrected chi connectivity index (χ0v) is 19.0. The van der Waals surface area contributed by atoms with Crippen molar-refractivity contribution in [1.29, 1.82) is 0 Å². The summed E-state index contributed by atoms with van der Waals surface area (Å²) in [4.78, 5) is 4.33. The van der Waals surface area contributed by atoms with Gasteiger partial charge in [-0.1, -0.05) is 48.5 Å². The van der Waals surface area contributed by atoms with Crippen molar-refractivity contribution in [2.24, 2.45) is 0 Å². The highest BCUT2D eigenvalue weighted by Gasteiger charge is 2.23. The molecule has 4 aromatic rings. The molecule has 3 aromatic carbocycles. The molecule has 0 aliphatic carbocycles. The molecule has 0 aliphatic heterocycles. The van der Waals surface area contributed by atoms with E-state index in [4.69, 9.17) is 9.47 Å². The Morgan fingerprint density at radius 1 is 0.758 bits per heavy atom. The Labute approximate surface area is 194 Å². The summed E-state index contributed by atoms with van der Waals surface area (Å²) in [6, 6.07) is 29.2. The average molecular weight is 461 g/mol. The number of nitrogens with zero attached hydrogens (tertiary/aromatic N) is 2. The zero-order valence-electron chi connectivity index (χ0n) is 18.2. The van der Waals surface area contributed by atoms with Crippen LogP contribution >= 0.6 is 0 Å². The first-order valence-corrected chi connectivity index (χ1v) is 12.2. The van der Waals surface area contributed by atoms with Crippen LogP contribution in [0.15, 0.2) is 103 Å². The first-order chi connectivity index (χ1) is 16.0. The Morgan fingerprint density at radius 3 is 2.06 bits per heavy atom. The number of hydrogen-bond acceptors (Lipinski definition) is 5. The fourth-order valence-electron chi connectivity index (χ4n) is 3.22. The van der Waals surface area contributed by atoms with Crippen LogP contribution < -0.4 is 13.8 Å². The largest absolute Gasteiger partial charge is 0.457 e. The van der Waals surface area contributed by atoms with E-state index in [9.17, 15) is 8.42 Å². The normalized spacial score (nSPS) is 11.1. The van der Waals surface area contributed by atoms with Gasteiger partial charge in [-0.3, -0.25) is 4.31 Å². The summed E-state index contributed by atoms with van der Waals surface area (Å²) >= 11 is 0. The van der Waals surface area contributed by atoms with E-state index in [1.54, 1.807) is 43.5 Å². The molecule has 6 nitrogen and oxygen atoms in total. The number of ether oxygens (including phenoxy) is 2. The van der Waals surface area contributed by atoms with Crippen LogP contribution in [0.2, 0.25) is 0 Å². The van der Waals surface area contributed by atoms with E-state index in [1.165, 1.54) is 4.31 Å². The number of para-hydroxylation sites is 2. The second-order valence-corrected chi connectivity index (χ2v) is 9.38. The van der Waals surface area contributed by atoms with Gasteiger partial charge in [0.1, 0.15) is 17.2 Å². The van der Waals surface area contributed by atoms with E-state index >= 15 is 0 Å². The lowest BCUT2D eigenvalue weighted by molar-refractivity contribution is 0.456. The molecule has 7 heteroatoms. The first-order valence-electron chi connectivity index (χ1n) is 10.6. The van der Waals surface area contributed by atoms with E-state index in [0.717, 1.165) is 0 Å². The highest BCUT2D eigenvalue weighted by Crippen LogP contribution is 2.31. The van der Waals surface area contributed by atoms with Gasteiger partial charge in [-0.25, -0.2) is 13.4 Å². The minimum Gasteiger partial charge on any atom is -0.457 e. The molecule has 0 fully saturated rings. The van der Waals surface area contributed by atoms with E-state index in [0.29, 0.717) is 34.4 Å². The Kier molecular flexibility index (Phi) is 6.90. The summed E-state index contributed by atoms with van der Waals surface area (Å²) in [5.74, 6) is 2.15. The molecule has 0 radical (unpaired) electrons. The molecule has 0 saturated carbocycles. The van der Waals surface area contributed by atoms with Crippen molar-refractivity contribution < 1.29 is 17.9 Å². The van der Waals surface area contributed by atoms with E-state index < -0.39 is 10.0 Å². The van der Waals surface area contributed by atoms with Crippen LogP contribution in [0.5, 0.6) is 23.1 Å². The Morgan fingerprint density at radius 2 is 1.39 bits per heavy atom. The van der Waals surface area contributed by atoms with Gasteiger partial charge in [0.15, 0.2) is 0 Å². The standard InChI is InChI=1S/C26H24N2O4S/c1-2-33(29,30)28(22-12-9-17-25(19-22)31-23-13-5-3-6-14-23)20-21-11-10-18-27-26(21)32-24-15-7-4-8-16-24/h3-19H,2,20H2,1H3. The third-order valence-corrected chi connectivity index (χ3v) is 6.65. The van der Waals surface area contributed by atoms with Gasteiger partial charge in [0.2, 0.25) is 15.9 Å². The Hall–Kier alpha value is -3.84. The van der Waals surface area contributed by atoms with Gasteiger partial charge in [-0.05, 0) is 49.4 Å². The monoisotopic (exact) mass is 460 g/mol. The minimum atomic E-state index is -3.60. The second-order valence-electron chi connectivity index (χ2n) is 7.20. The quantitative estimate of drug-likeness (QED) is 0.305. The van der Waals surface area contributed by atoms with Crippen LogP contribution in [-0.4, -0.2) is 19.2 Å².